The standard InChI is InChI=1S/C17H22N2O6/c1-3-25-17(24)11(2)18-16(23)13(9-10-14(20)21)19-15(22)12-7-5-4-6-8-12/h4-8,11,13H,3,9-10H2,1-2H3,(H,18,23)(H,19,22)(H,20,21)/t11-,13-/m0/s1. The number of esters is 1. The smallest absolute Gasteiger partial charge is 0.328 e. The largest absolute Gasteiger partial charge is 0.481 e. The maximum absolute atomic E-state index is 12.3. The number of carboxylic acids is 1. The summed E-state index contributed by atoms with van der Waals surface area (Å²) in [5, 5.41) is 13.7. The van der Waals surface area contributed by atoms with Gasteiger partial charge < -0.3 is 20.5 Å². The van der Waals surface area contributed by atoms with Gasteiger partial charge in [-0.05, 0) is 32.4 Å². The molecule has 8 nitrogen and oxygen atoms in total. The zero-order chi connectivity index (χ0) is 18.8. The van der Waals surface area contributed by atoms with Gasteiger partial charge in [-0.1, -0.05) is 18.2 Å². The summed E-state index contributed by atoms with van der Waals surface area (Å²) in [6, 6.07) is 6.24. The Morgan fingerprint density at radius 2 is 1.76 bits per heavy atom. The first-order chi connectivity index (χ1) is 11.8. The van der Waals surface area contributed by atoms with Gasteiger partial charge in [0, 0.05) is 12.0 Å². The summed E-state index contributed by atoms with van der Waals surface area (Å²) in [5.41, 5.74) is 0.342. The van der Waals surface area contributed by atoms with Gasteiger partial charge in [-0.3, -0.25) is 14.4 Å². The molecule has 1 aromatic rings. The summed E-state index contributed by atoms with van der Waals surface area (Å²) in [6.07, 6.45) is -0.407. The van der Waals surface area contributed by atoms with Crippen LogP contribution in [0, 0.1) is 0 Å². The minimum absolute atomic E-state index is 0.102. The molecule has 136 valence electrons. The van der Waals surface area contributed by atoms with Crippen LogP contribution in [0.4, 0.5) is 0 Å². The van der Waals surface area contributed by atoms with E-state index >= 15 is 0 Å². The second-order valence-electron chi connectivity index (χ2n) is 5.31. The highest BCUT2D eigenvalue weighted by Crippen LogP contribution is 2.04. The maximum Gasteiger partial charge on any atom is 0.328 e. The molecule has 0 radical (unpaired) electrons. The minimum Gasteiger partial charge on any atom is -0.481 e. The van der Waals surface area contributed by atoms with E-state index in [1.165, 1.54) is 6.92 Å². The zero-order valence-electron chi connectivity index (χ0n) is 14.2. The van der Waals surface area contributed by atoms with Crippen LogP contribution in [0.2, 0.25) is 0 Å². The lowest BCUT2D eigenvalue weighted by atomic mass is 10.1. The number of benzene rings is 1. The Hall–Kier alpha value is -2.90. The Morgan fingerprint density at radius 3 is 2.32 bits per heavy atom. The van der Waals surface area contributed by atoms with Gasteiger partial charge >= 0.3 is 11.9 Å². The third kappa shape index (κ3) is 7.03. The third-order valence-corrected chi connectivity index (χ3v) is 3.30. The lowest BCUT2D eigenvalue weighted by Gasteiger charge is -2.20. The molecule has 0 aliphatic rings. The first kappa shape index (κ1) is 20.1. The fourth-order valence-electron chi connectivity index (χ4n) is 2.01. The second-order valence-corrected chi connectivity index (χ2v) is 5.31. The van der Waals surface area contributed by atoms with E-state index in [4.69, 9.17) is 9.84 Å². The summed E-state index contributed by atoms with van der Waals surface area (Å²) >= 11 is 0. The average Bonchev–Trinajstić information content (AvgIpc) is 2.58. The molecule has 0 heterocycles. The second kappa shape index (κ2) is 10.1. The van der Waals surface area contributed by atoms with Gasteiger partial charge in [0.25, 0.3) is 5.91 Å². The summed E-state index contributed by atoms with van der Waals surface area (Å²) in [5.74, 6) is -2.85. The normalized spacial score (nSPS) is 12.6. The highest BCUT2D eigenvalue weighted by molar-refractivity contribution is 5.98. The van der Waals surface area contributed by atoms with Crippen LogP contribution >= 0.6 is 0 Å². The van der Waals surface area contributed by atoms with Gasteiger partial charge in [0.2, 0.25) is 5.91 Å². The first-order valence-electron chi connectivity index (χ1n) is 7.89. The van der Waals surface area contributed by atoms with Crippen molar-refractivity contribution in [1.82, 2.24) is 10.6 Å². The van der Waals surface area contributed by atoms with Crippen molar-refractivity contribution in [2.75, 3.05) is 6.61 Å². The van der Waals surface area contributed by atoms with E-state index in [2.05, 4.69) is 10.6 Å². The zero-order valence-corrected chi connectivity index (χ0v) is 14.2. The van der Waals surface area contributed by atoms with Crippen molar-refractivity contribution < 1.29 is 29.0 Å². The van der Waals surface area contributed by atoms with Crippen molar-refractivity contribution in [3.8, 4) is 0 Å². The number of aliphatic carboxylic acids is 1. The molecule has 0 fully saturated rings. The molecular formula is C17H22N2O6. The number of carbonyl (C=O) groups is 4. The molecule has 0 aromatic heterocycles. The SMILES string of the molecule is CCOC(=O)[C@H](C)NC(=O)[C@H](CCC(=O)O)NC(=O)c1ccccc1. The van der Waals surface area contributed by atoms with Crippen LogP contribution in [0.25, 0.3) is 0 Å². The van der Waals surface area contributed by atoms with Crippen LogP contribution in [0.1, 0.15) is 37.0 Å². The summed E-state index contributed by atoms with van der Waals surface area (Å²) < 4.78 is 4.80. The van der Waals surface area contributed by atoms with Crippen LogP contribution in [-0.2, 0) is 19.1 Å². The number of rotatable bonds is 9. The molecule has 0 saturated heterocycles. The number of carboxylic acid groups (broad SMARTS) is 1. The summed E-state index contributed by atoms with van der Waals surface area (Å²) in [7, 11) is 0. The molecule has 3 N–H and O–H groups in total. The van der Waals surface area contributed by atoms with Crippen LogP contribution in [0.5, 0.6) is 0 Å². The van der Waals surface area contributed by atoms with Crippen molar-refractivity contribution in [2.45, 2.75) is 38.8 Å². The van der Waals surface area contributed by atoms with E-state index in [1.54, 1.807) is 37.3 Å². The Labute approximate surface area is 145 Å². The van der Waals surface area contributed by atoms with E-state index in [0.717, 1.165) is 0 Å². The van der Waals surface area contributed by atoms with Crippen molar-refractivity contribution in [1.29, 1.82) is 0 Å². The number of ether oxygens (including phenoxy) is 1. The quantitative estimate of drug-likeness (QED) is 0.564. The van der Waals surface area contributed by atoms with Crippen LogP contribution in [0.15, 0.2) is 30.3 Å². The number of hydrogen-bond acceptors (Lipinski definition) is 5. The predicted octanol–water partition coefficient (Wildman–Crippen LogP) is 0.718. The number of carbonyl (C=O) groups excluding carboxylic acids is 3. The molecule has 0 spiro atoms. The van der Waals surface area contributed by atoms with Crippen LogP contribution < -0.4 is 10.6 Å². The van der Waals surface area contributed by atoms with E-state index in [9.17, 15) is 19.2 Å². The molecule has 0 aliphatic carbocycles. The van der Waals surface area contributed by atoms with Crippen molar-refractivity contribution in [3.63, 3.8) is 0 Å². The Kier molecular flexibility index (Phi) is 8.11. The monoisotopic (exact) mass is 350 g/mol. The van der Waals surface area contributed by atoms with Crippen molar-refractivity contribution >= 4 is 23.8 Å². The van der Waals surface area contributed by atoms with Gasteiger partial charge in [0.1, 0.15) is 12.1 Å². The first-order valence-corrected chi connectivity index (χ1v) is 7.89. The molecule has 0 saturated carbocycles. The number of hydrogen-bond donors (Lipinski definition) is 3. The Bertz CT molecular complexity index is 617. The van der Waals surface area contributed by atoms with E-state index in [1.807, 2.05) is 0 Å². The van der Waals surface area contributed by atoms with Crippen molar-refractivity contribution in [2.24, 2.45) is 0 Å². The Balaban J connectivity index is 2.77. The minimum atomic E-state index is -1.09. The summed E-state index contributed by atoms with van der Waals surface area (Å²) in [4.78, 5) is 46.9. The lowest BCUT2D eigenvalue weighted by molar-refractivity contribution is -0.147. The number of amides is 2. The van der Waals surface area contributed by atoms with Gasteiger partial charge in [-0.25, -0.2) is 4.79 Å². The average molecular weight is 350 g/mol. The highest BCUT2D eigenvalue weighted by atomic mass is 16.5. The van der Waals surface area contributed by atoms with Gasteiger partial charge in [-0.2, -0.15) is 0 Å². The highest BCUT2D eigenvalue weighted by Gasteiger charge is 2.25. The van der Waals surface area contributed by atoms with Gasteiger partial charge in [0.05, 0.1) is 6.61 Å². The molecule has 8 heteroatoms. The fourth-order valence-corrected chi connectivity index (χ4v) is 2.01. The predicted molar refractivity (Wildman–Crippen MR) is 88.8 cm³/mol. The fraction of sp³-hybridized carbons (Fsp3) is 0.412. The molecule has 0 bridgehead atoms. The van der Waals surface area contributed by atoms with Crippen molar-refractivity contribution in [3.05, 3.63) is 35.9 Å². The van der Waals surface area contributed by atoms with Crippen LogP contribution in [-0.4, -0.2) is 47.6 Å². The van der Waals surface area contributed by atoms with Crippen LogP contribution in [0.3, 0.4) is 0 Å². The van der Waals surface area contributed by atoms with Gasteiger partial charge in [0.15, 0.2) is 0 Å². The molecular weight excluding hydrogens is 328 g/mol. The molecule has 2 atom stereocenters. The topological polar surface area (TPSA) is 122 Å². The lowest BCUT2D eigenvalue weighted by Crippen LogP contribution is -2.51. The molecule has 0 unspecified atom stereocenters. The maximum atomic E-state index is 12.3. The van der Waals surface area contributed by atoms with E-state index in [-0.39, 0.29) is 19.4 Å². The molecule has 0 aliphatic heterocycles. The van der Waals surface area contributed by atoms with Gasteiger partial charge in [-0.15, -0.1) is 0 Å². The Morgan fingerprint density at radius 1 is 1.12 bits per heavy atom. The number of nitrogens with one attached hydrogen (secondary N) is 2. The molecule has 1 aromatic carbocycles. The molecule has 25 heavy (non-hydrogen) atoms. The van der Waals surface area contributed by atoms with E-state index in [0.29, 0.717) is 5.56 Å². The van der Waals surface area contributed by atoms with E-state index < -0.39 is 35.8 Å². The molecule has 2 amide bonds. The third-order valence-electron chi connectivity index (χ3n) is 3.30. The summed E-state index contributed by atoms with van der Waals surface area (Å²) in [6.45, 7) is 3.26. The molecule has 1 rings (SSSR count).